The Morgan fingerprint density at radius 2 is 1.60 bits per heavy atom. The van der Waals surface area contributed by atoms with Crippen molar-refractivity contribution in [3.63, 3.8) is 0 Å². The van der Waals surface area contributed by atoms with Crippen LogP contribution in [0.1, 0.15) is 58.3 Å². The van der Waals surface area contributed by atoms with Gasteiger partial charge < -0.3 is 10.1 Å². The largest absolute Gasteiger partial charge is 0.573 e. The maximum atomic E-state index is 12.8. The highest BCUT2D eigenvalue weighted by Gasteiger charge is 2.35. The number of pyridine rings is 1. The Morgan fingerprint density at radius 1 is 0.971 bits per heavy atom. The number of amides is 1. The zero-order valence-corrected chi connectivity index (χ0v) is 19.8. The molecule has 0 spiro atoms. The van der Waals surface area contributed by atoms with Gasteiger partial charge in [0, 0.05) is 36.0 Å². The monoisotopic (exact) mass is 506 g/mol. The van der Waals surface area contributed by atoms with Crippen LogP contribution < -0.4 is 10.1 Å². The molecule has 1 N–H and O–H groups in total. The summed E-state index contributed by atoms with van der Waals surface area (Å²) < 4.78 is 80.6. The molecule has 0 fully saturated rings. The zero-order valence-electron chi connectivity index (χ0n) is 19.8. The van der Waals surface area contributed by atoms with Crippen molar-refractivity contribution < 1.29 is 35.9 Å². The maximum Gasteiger partial charge on any atom is 0.573 e. The third-order valence-corrected chi connectivity index (χ3v) is 5.95. The van der Waals surface area contributed by atoms with E-state index in [0.29, 0.717) is 18.3 Å². The first-order valence-corrected chi connectivity index (χ1v) is 11.1. The van der Waals surface area contributed by atoms with Crippen molar-refractivity contribution in [2.45, 2.75) is 66.0 Å². The minimum Gasteiger partial charge on any atom is -0.404 e. The Kier molecular flexibility index (Phi) is 9.45. The summed E-state index contributed by atoms with van der Waals surface area (Å²) in [7, 11) is 0. The molecule has 0 aliphatic rings. The third kappa shape index (κ3) is 8.66. The summed E-state index contributed by atoms with van der Waals surface area (Å²) in [6, 6.07) is 1.18. The molecule has 2 rings (SSSR count). The molecule has 0 aliphatic carbocycles. The van der Waals surface area contributed by atoms with Crippen molar-refractivity contribution in [2.24, 2.45) is 17.8 Å². The van der Waals surface area contributed by atoms with E-state index in [0.717, 1.165) is 31.4 Å². The van der Waals surface area contributed by atoms with Crippen molar-refractivity contribution in [1.82, 2.24) is 20.3 Å². The van der Waals surface area contributed by atoms with Gasteiger partial charge >= 0.3 is 12.5 Å². The predicted molar refractivity (Wildman–Crippen MR) is 116 cm³/mol. The summed E-state index contributed by atoms with van der Waals surface area (Å²) in [5, 5.41) is 2.61. The van der Waals surface area contributed by atoms with Crippen molar-refractivity contribution in [3.8, 4) is 17.0 Å². The smallest absolute Gasteiger partial charge is 0.404 e. The second kappa shape index (κ2) is 11.7. The van der Waals surface area contributed by atoms with Crippen molar-refractivity contribution in [1.29, 1.82) is 0 Å². The Hall–Kier alpha value is -2.92. The molecular formula is C23H28F6N4O2. The van der Waals surface area contributed by atoms with Crippen molar-refractivity contribution in [2.75, 3.05) is 0 Å². The van der Waals surface area contributed by atoms with E-state index in [1.165, 1.54) is 6.07 Å². The molecule has 2 aromatic heterocycles. The Bertz CT molecular complexity index is 979. The van der Waals surface area contributed by atoms with E-state index in [-0.39, 0.29) is 35.2 Å². The van der Waals surface area contributed by atoms with E-state index in [2.05, 4.69) is 45.8 Å². The normalized spacial score (nSPS) is 14.8. The first-order valence-electron chi connectivity index (χ1n) is 11.1. The molecule has 0 aliphatic heterocycles. The highest BCUT2D eigenvalue weighted by Crippen LogP contribution is 2.30. The summed E-state index contributed by atoms with van der Waals surface area (Å²) in [5.41, 5.74) is 0.0187. The second-order valence-electron chi connectivity index (χ2n) is 8.58. The number of nitrogens with one attached hydrogen (secondary N) is 1. The fourth-order valence-electron chi connectivity index (χ4n) is 3.29. The Balaban J connectivity index is 2.18. The number of rotatable bonds is 10. The van der Waals surface area contributed by atoms with E-state index >= 15 is 0 Å². The lowest BCUT2D eigenvalue weighted by molar-refractivity contribution is -0.275. The molecule has 194 valence electrons. The van der Waals surface area contributed by atoms with Crippen LogP contribution in [-0.2, 0) is 17.5 Å². The molecule has 2 aromatic rings. The third-order valence-electron chi connectivity index (χ3n) is 5.95. The Labute approximate surface area is 199 Å². The summed E-state index contributed by atoms with van der Waals surface area (Å²) in [6.45, 7) is 7.79. The molecule has 3 atom stereocenters. The maximum absolute atomic E-state index is 12.8. The molecule has 3 unspecified atom stereocenters. The van der Waals surface area contributed by atoms with Crippen LogP contribution >= 0.6 is 0 Å². The standard InChI is InChI=1S/C23H28F6N4O2/c1-5-13(2)14(3)6-7-15(4)20(34)31-9-16-8-18(30-12-19(16)35-23(27,28)29)17-10-32-21(33-11-17)22(24,25)26/h8,10-15H,5-7,9H2,1-4H3,(H,31,34). The SMILES string of the molecule is CCC(C)C(C)CCC(C)C(=O)NCc1cc(-c2cnc(C(F)(F)F)nc2)ncc1OC(F)(F)F. The number of nitrogens with zero attached hydrogens (tertiary/aromatic N) is 3. The van der Waals surface area contributed by atoms with Crippen molar-refractivity contribution in [3.05, 3.63) is 36.0 Å². The number of ether oxygens (including phenoxy) is 1. The summed E-state index contributed by atoms with van der Waals surface area (Å²) >= 11 is 0. The average molecular weight is 506 g/mol. The molecular weight excluding hydrogens is 478 g/mol. The topological polar surface area (TPSA) is 77.0 Å². The lowest BCUT2D eigenvalue weighted by Crippen LogP contribution is -2.30. The lowest BCUT2D eigenvalue weighted by Gasteiger charge is -2.20. The molecule has 0 saturated carbocycles. The molecule has 0 bridgehead atoms. The molecule has 0 aromatic carbocycles. The van der Waals surface area contributed by atoms with E-state index in [1.807, 2.05) is 0 Å². The molecule has 6 nitrogen and oxygen atoms in total. The van der Waals surface area contributed by atoms with Gasteiger partial charge in [0.25, 0.3) is 0 Å². The predicted octanol–water partition coefficient (Wildman–Crippen LogP) is 6.17. The second-order valence-corrected chi connectivity index (χ2v) is 8.58. The quantitative estimate of drug-likeness (QED) is 0.390. The zero-order chi connectivity index (χ0) is 26.4. The number of carbonyl (C=O) groups is 1. The van der Waals surface area contributed by atoms with Crippen LogP contribution in [0.25, 0.3) is 11.3 Å². The summed E-state index contributed by atoms with van der Waals surface area (Å²) in [5.74, 6) is -1.75. The molecule has 0 radical (unpaired) electrons. The molecule has 2 heterocycles. The van der Waals surface area contributed by atoms with Gasteiger partial charge in [-0.1, -0.05) is 34.1 Å². The minimum absolute atomic E-state index is 0.0212. The van der Waals surface area contributed by atoms with Crippen LogP contribution in [0.5, 0.6) is 5.75 Å². The van der Waals surface area contributed by atoms with Gasteiger partial charge in [-0.3, -0.25) is 9.78 Å². The molecule has 12 heteroatoms. The molecule has 1 amide bonds. The first-order chi connectivity index (χ1) is 16.2. The van der Waals surface area contributed by atoms with Gasteiger partial charge in [0.2, 0.25) is 11.7 Å². The molecule has 0 saturated heterocycles. The van der Waals surface area contributed by atoms with Crippen LogP contribution in [-0.4, -0.2) is 27.2 Å². The fraction of sp³-hybridized carbons (Fsp3) is 0.565. The number of aromatic nitrogens is 3. The summed E-state index contributed by atoms with van der Waals surface area (Å²) in [6.07, 6.45) is -4.74. The Morgan fingerprint density at radius 3 is 2.14 bits per heavy atom. The first kappa shape index (κ1) is 28.3. The minimum atomic E-state index is -5.00. The van der Waals surface area contributed by atoms with Gasteiger partial charge in [-0.05, 0) is 30.7 Å². The number of alkyl halides is 6. The number of hydrogen-bond acceptors (Lipinski definition) is 5. The van der Waals surface area contributed by atoms with Gasteiger partial charge in [-0.2, -0.15) is 13.2 Å². The van der Waals surface area contributed by atoms with E-state index < -0.39 is 24.1 Å². The van der Waals surface area contributed by atoms with Gasteiger partial charge in [0.05, 0.1) is 11.9 Å². The van der Waals surface area contributed by atoms with Crippen LogP contribution in [0, 0.1) is 17.8 Å². The van der Waals surface area contributed by atoms with Gasteiger partial charge in [0.15, 0.2) is 5.75 Å². The van der Waals surface area contributed by atoms with Crippen molar-refractivity contribution >= 4 is 5.91 Å². The van der Waals surface area contributed by atoms with Crippen LogP contribution in [0.4, 0.5) is 26.3 Å². The van der Waals surface area contributed by atoms with Gasteiger partial charge in [-0.15, -0.1) is 13.2 Å². The number of carbonyl (C=O) groups excluding carboxylic acids is 1. The number of hydrogen-bond donors (Lipinski definition) is 1. The van der Waals surface area contributed by atoms with Crippen LogP contribution in [0.15, 0.2) is 24.7 Å². The average Bonchev–Trinajstić information content (AvgIpc) is 2.79. The van der Waals surface area contributed by atoms with E-state index in [9.17, 15) is 31.1 Å². The highest BCUT2D eigenvalue weighted by molar-refractivity contribution is 5.78. The van der Waals surface area contributed by atoms with Crippen LogP contribution in [0.3, 0.4) is 0 Å². The summed E-state index contributed by atoms with van der Waals surface area (Å²) in [4.78, 5) is 22.8. The number of halogens is 6. The van der Waals surface area contributed by atoms with Crippen LogP contribution in [0.2, 0.25) is 0 Å². The van der Waals surface area contributed by atoms with Gasteiger partial charge in [0.1, 0.15) is 0 Å². The highest BCUT2D eigenvalue weighted by atomic mass is 19.4. The van der Waals surface area contributed by atoms with Gasteiger partial charge in [-0.25, -0.2) is 9.97 Å². The fourth-order valence-corrected chi connectivity index (χ4v) is 3.29. The lowest BCUT2D eigenvalue weighted by atomic mass is 9.87. The van der Waals surface area contributed by atoms with E-state index in [1.54, 1.807) is 6.92 Å². The van der Waals surface area contributed by atoms with E-state index in [4.69, 9.17) is 0 Å². The molecule has 35 heavy (non-hydrogen) atoms.